The predicted molar refractivity (Wildman–Crippen MR) is 199 cm³/mol. The first-order valence-electron chi connectivity index (χ1n) is 18.0. The van der Waals surface area contributed by atoms with Crippen LogP contribution in [0, 0.1) is 0 Å². The van der Waals surface area contributed by atoms with E-state index < -0.39 is 59.6 Å². The lowest BCUT2D eigenvalue weighted by atomic mass is 9.78. The van der Waals surface area contributed by atoms with E-state index >= 15 is 0 Å². The quantitative estimate of drug-likeness (QED) is 0.140. The number of hydrogen-bond acceptors (Lipinski definition) is 11. The zero-order valence-electron chi connectivity index (χ0n) is 31.4. The minimum atomic E-state index is -0.696. The smallest absolute Gasteiger partial charge is 0.320 e. The van der Waals surface area contributed by atoms with Gasteiger partial charge in [-0.3, -0.25) is 20.2 Å². The molecule has 4 rings (SSSR count). The highest BCUT2D eigenvalue weighted by Crippen LogP contribution is 2.31. The van der Waals surface area contributed by atoms with Crippen LogP contribution in [0.1, 0.15) is 58.2 Å². The Hall–Kier alpha value is -3.68. The summed E-state index contributed by atoms with van der Waals surface area (Å²) < 4.78 is 31.7. The van der Waals surface area contributed by atoms with Crippen molar-refractivity contribution in [2.24, 2.45) is 0 Å². The van der Waals surface area contributed by atoms with Gasteiger partial charge in [0.25, 0.3) is 0 Å². The largest absolute Gasteiger partial charge is 0.459 e. The molecule has 11 heteroatoms. The van der Waals surface area contributed by atoms with E-state index in [0.717, 1.165) is 16.7 Å². The van der Waals surface area contributed by atoms with Crippen molar-refractivity contribution in [2.75, 3.05) is 26.2 Å². The number of nitrogens with one attached hydrogen (secondary N) is 3. The van der Waals surface area contributed by atoms with E-state index in [1.54, 1.807) is 0 Å². The van der Waals surface area contributed by atoms with Gasteiger partial charge in [0.15, 0.2) is 0 Å². The molecule has 0 heterocycles. The van der Waals surface area contributed by atoms with E-state index in [-0.39, 0.29) is 46.1 Å². The van der Waals surface area contributed by atoms with Crippen molar-refractivity contribution in [1.29, 1.82) is 0 Å². The summed E-state index contributed by atoms with van der Waals surface area (Å²) >= 11 is 0. The minimum Gasteiger partial charge on any atom is -0.459 e. The van der Waals surface area contributed by atoms with E-state index in [2.05, 4.69) is 16.0 Å². The Balaban J connectivity index is 1.79. The molecule has 52 heavy (non-hydrogen) atoms. The summed E-state index contributed by atoms with van der Waals surface area (Å²) in [5, 5.41) is 20.4. The van der Waals surface area contributed by atoms with Gasteiger partial charge in [0.2, 0.25) is 0 Å². The lowest BCUT2D eigenvalue weighted by Crippen LogP contribution is -2.75. The average molecular weight is 720 g/mol. The third kappa shape index (κ3) is 13.7. The van der Waals surface area contributed by atoms with Crippen LogP contribution in [0.4, 0.5) is 0 Å². The second-order valence-corrected chi connectivity index (χ2v) is 15.0. The molecule has 284 valence electrons. The monoisotopic (exact) mass is 719 g/mol. The predicted octanol–water partition coefficient (Wildman–Crippen LogP) is 4.31. The fourth-order valence-electron chi connectivity index (χ4n) is 6.24. The van der Waals surface area contributed by atoms with Gasteiger partial charge in [-0.25, -0.2) is 0 Å². The van der Waals surface area contributed by atoms with Crippen LogP contribution in [0.15, 0.2) is 91.0 Å². The van der Waals surface area contributed by atoms with Gasteiger partial charge in [0.1, 0.15) is 11.2 Å². The topological polar surface area (TPSA) is 137 Å². The zero-order valence-corrected chi connectivity index (χ0v) is 31.4. The van der Waals surface area contributed by atoms with E-state index in [4.69, 9.17) is 23.7 Å². The van der Waals surface area contributed by atoms with Crippen LogP contribution in [0.25, 0.3) is 0 Å². The van der Waals surface area contributed by atoms with Gasteiger partial charge in [-0.05, 0) is 58.2 Å². The van der Waals surface area contributed by atoms with Gasteiger partial charge in [0.05, 0.1) is 76.0 Å². The Morgan fingerprint density at radius 3 is 1.13 bits per heavy atom. The van der Waals surface area contributed by atoms with Crippen molar-refractivity contribution in [3.05, 3.63) is 108 Å². The van der Waals surface area contributed by atoms with E-state index in [1.165, 1.54) is 0 Å². The molecule has 0 aliphatic heterocycles. The molecule has 1 aliphatic carbocycles. The molecular formula is C41H57N3O8. The van der Waals surface area contributed by atoms with E-state index in [9.17, 15) is 14.7 Å². The van der Waals surface area contributed by atoms with Gasteiger partial charge < -0.3 is 34.1 Å². The normalized spacial score (nSPS) is 22.1. The van der Waals surface area contributed by atoms with Gasteiger partial charge >= 0.3 is 11.9 Å². The molecule has 1 fully saturated rings. The summed E-state index contributed by atoms with van der Waals surface area (Å²) in [7, 11) is 0. The number of aliphatic hydroxyl groups is 1. The lowest BCUT2D eigenvalue weighted by Gasteiger charge is -2.51. The first-order chi connectivity index (χ1) is 24.8. The van der Waals surface area contributed by atoms with Crippen molar-refractivity contribution in [2.45, 2.75) is 109 Å². The minimum absolute atomic E-state index is 0.126. The summed E-state index contributed by atoms with van der Waals surface area (Å²) in [5.41, 5.74) is 1.50. The molecule has 6 atom stereocenters. The van der Waals surface area contributed by atoms with Crippen molar-refractivity contribution < 1.29 is 38.4 Å². The maximum absolute atomic E-state index is 13.2. The SMILES string of the molecule is CC(C)(C)OC(=O)CN[C@@H]1[C@H](OCc2ccccc2)[C@H](NCC(=O)OC(C)(C)C)[C@H](OCc2ccccc2)[C@H](NCCO)[C@@H]1OCc1ccccc1. The van der Waals surface area contributed by atoms with Gasteiger partial charge in [0, 0.05) is 6.54 Å². The Morgan fingerprint density at radius 1 is 0.538 bits per heavy atom. The van der Waals surface area contributed by atoms with Crippen LogP contribution in [0.3, 0.4) is 0 Å². The Kier molecular flexibility index (Phi) is 15.8. The van der Waals surface area contributed by atoms with Crippen molar-refractivity contribution in [3.8, 4) is 0 Å². The number of aliphatic hydroxyl groups excluding tert-OH is 1. The van der Waals surface area contributed by atoms with Gasteiger partial charge in [-0.1, -0.05) is 91.0 Å². The number of carbonyl (C=O) groups excluding carboxylic acids is 2. The van der Waals surface area contributed by atoms with Crippen LogP contribution < -0.4 is 16.0 Å². The first kappa shape index (κ1) is 41.1. The average Bonchev–Trinajstić information content (AvgIpc) is 3.10. The molecule has 4 N–H and O–H groups in total. The molecule has 0 unspecified atom stereocenters. The summed E-state index contributed by atoms with van der Waals surface area (Å²) in [6.07, 6.45) is -1.98. The fraction of sp³-hybridized carbons (Fsp3) is 0.512. The molecule has 1 aliphatic rings. The molecule has 0 amide bonds. The number of rotatable bonds is 18. The molecule has 1 saturated carbocycles. The molecule has 11 nitrogen and oxygen atoms in total. The number of esters is 2. The maximum Gasteiger partial charge on any atom is 0.320 e. The third-order valence-electron chi connectivity index (χ3n) is 8.28. The third-order valence-corrected chi connectivity index (χ3v) is 8.28. The van der Waals surface area contributed by atoms with Crippen LogP contribution in [-0.2, 0) is 53.1 Å². The summed E-state index contributed by atoms with van der Waals surface area (Å²) in [6, 6.07) is 27.7. The molecule has 0 bridgehead atoms. The summed E-state index contributed by atoms with van der Waals surface area (Å²) in [6.45, 7) is 11.6. The molecule has 0 aromatic heterocycles. The van der Waals surface area contributed by atoms with Crippen molar-refractivity contribution in [3.63, 3.8) is 0 Å². The first-order valence-corrected chi connectivity index (χ1v) is 18.0. The van der Waals surface area contributed by atoms with Crippen LogP contribution >= 0.6 is 0 Å². The van der Waals surface area contributed by atoms with Gasteiger partial charge in [-0.15, -0.1) is 0 Å². The van der Waals surface area contributed by atoms with Crippen molar-refractivity contribution in [1.82, 2.24) is 16.0 Å². The Morgan fingerprint density at radius 2 is 0.846 bits per heavy atom. The van der Waals surface area contributed by atoms with Crippen LogP contribution in [0.5, 0.6) is 0 Å². The highest BCUT2D eigenvalue weighted by molar-refractivity contribution is 5.72. The Bertz CT molecular complexity index is 1390. The molecule has 3 aromatic rings. The van der Waals surface area contributed by atoms with Gasteiger partial charge in [-0.2, -0.15) is 0 Å². The standard InChI is InChI=1S/C41H57N3O8/c1-40(2,3)51-32(46)24-43-35-37(48-26-29-16-10-7-11-17-29)34(42-22-23-45)38(49-27-30-18-12-8-13-19-30)36(44-25-33(47)52-41(4,5)6)39(35)50-28-31-20-14-9-15-21-31/h7-21,34-39,42-45H,22-28H2,1-6H3/t34-,35+,36-,37+,38-,39+. The molecule has 0 radical (unpaired) electrons. The number of benzene rings is 3. The molecule has 0 spiro atoms. The zero-order chi connectivity index (χ0) is 37.6. The fourth-order valence-corrected chi connectivity index (χ4v) is 6.24. The summed E-state index contributed by atoms with van der Waals surface area (Å²) in [4.78, 5) is 26.3. The van der Waals surface area contributed by atoms with Crippen LogP contribution in [0.2, 0.25) is 0 Å². The molecule has 3 aromatic carbocycles. The lowest BCUT2D eigenvalue weighted by molar-refractivity contribution is -0.170. The highest BCUT2D eigenvalue weighted by atomic mass is 16.6. The molecular weight excluding hydrogens is 662 g/mol. The second kappa shape index (κ2) is 20.0. The number of ether oxygens (including phenoxy) is 5. The number of hydrogen-bond donors (Lipinski definition) is 4. The van der Waals surface area contributed by atoms with Crippen molar-refractivity contribution >= 4 is 11.9 Å². The Labute approximate surface area is 308 Å². The summed E-state index contributed by atoms with van der Waals surface area (Å²) in [5.74, 6) is -0.867. The van der Waals surface area contributed by atoms with Crippen LogP contribution in [-0.4, -0.2) is 90.9 Å². The second-order valence-electron chi connectivity index (χ2n) is 15.0. The number of carbonyl (C=O) groups is 2. The van der Waals surface area contributed by atoms with E-state index in [1.807, 2.05) is 133 Å². The highest BCUT2D eigenvalue weighted by Gasteiger charge is 2.53. The van der Waals surface area contributed by atoms with E-state index in [0.29, 0.717) is 0 Å². The molecule has 0 saturated heterocycles. The maximum atomic E-state index is 13.2.